The Morgan fingerprint density at radius 2 is 2.10 bits per heavy atom. The van der Waals surface area contributed by atoms with Crippen LogP contribution in [0.25, 0.3) is 11.3 Å². The molecule has 4 nitrogen and oxygen atoms in total. The Hall–Kier alpha value is -2.24. The van der Waals surface area contributed by atoms with Crippen LogP contribution in [0.2, 0.25) is 0 Å². The number of carbonyl (C=O) groups excluding carboxylic acids is 1. The number of nitrogens with zero attached hydrogens (tertiary/aromatic N) is 2. The Kier molecular flexibility index (Phi) is 4.67. The maximum Gasteiger partial charge on any atom is 0.156 e. The van der Waals surface area contributed by atoms with E-state index in [4.69, 9.17) is 5.73 Å². The standard InChI is InChI=1S/C15H17F2N3O/c1-2-3-4-7-20-15(18)12(9-21)14(19-20)11-8-10(16)5-6-13(11)17/h5-6,8-9H,2-4,7,18H2,1H3. The van der Waals surface area contributed by atoms with E-state index >= 15 is 0 Å². The number of unbranched alkanes of at least 4 members (excludes halogenated alkanes) is 2. The maximum absolute atomic E-state index is 13.8. The zero-order valence-corrected chi connectivity index (χ0v) is 11.8. The third kappa shape index (κ3) is 3.09. The highest BCUT2D eigenvalue weighted by Gasteiger charge is 2.19. The first-order valence-corrected chi connectivity index (χ1v) is 6.85. The number of anilines is 1. The molecular formula is C15H17F2N3O. The zero-order valence-electron chi connectivity index (χ0n) is 11.8. The number of halogens is 2. The third-order valence-electron chi connectivity index (χ3n) is 3.30. The summed E-state index contributed by atoms with van der Waals surface area (Å²) < 4.78 is 28.6. The molecule has 2 rings (SSSR count). The van der Waals surface area contributed by atoms with Crippen LogP contribution in [0.4, 0.5) is 14.6 Å². The highest BCUT2D eigenvalue weighted by molar-refractivity contribution is 5.91. The molecule has 0 unspecified atom stereocenters. The van der Waals surface area contributed by atoms with Gasteiger partial charge in [0.05, 0.1) is 5.56 Å². The van der Waals surface area contributed by atoms with Crippen LogP contribution in [0.3, 0.4) is 0 Å². The lowest BCUT2D eigenvalue weighted by molar-refractivity contribution is 0.112. The summed E-state index contributed by atoms with van der Waals surface area (Å²) in [6.07, 6.45) is 3.41. The minimum Gasteiger partial charge on any atom is -0.383 e. The summed E-state index contributed by atoms with van der Waals surface area (Å²) >= 11 is 0. The van der Waals surface area contributed by atoms with E-state index in [-0.39, 0.29) is 22.6 Å². The van der Waals surface area contributed by atoms with E-state index in [0.717, 1.165) is 37.5 Å². The van der Waals surface area contributed by atoms with Gasteiger partial charge >= 0.3 is 0 Å². The molecule has 0 saturated heterocycles. The van der Waals surface area contributed by atoms with Gasteiger partial charge in [-0.2, -0.15) is 5.10 Å². The van der Waals surface area contributed by atoms with Gasteiger partial charge in [0.2, 0.25) is 0 Å². The van der Waals surface area contributed by atoms with Gasteiger partial charge in [0.1, 0.15) is 23.1 Å². The predicted molar refractivity (Wildman–Crippen MR) is 76.9 cm³/mol. The fourth-order valence-corrected chi connectivity index (χ4v) is 2.16. The molecule has 1 heterocycles. The van der Waals surface area contributed by atoms with E-state index in [0.29, 0.717) is 12.8 Å². The second-order valence-electron chi connectivity index (χ2n) is 4.82. The fraction of sp³-hybridized carbons (Fsp3) is 0.333. The number of aldehydes is 1. The van der Waals surface area contributed by atoms with E-state index in [2.05, 4.69) is 12.0 Å². The molecule has 0 saturated carbocycles. The van der Waals surface area contributed by atoms with E-state index < -0.39 is 11.6 Å². The second kappa shape index (κ2) is 6.47. The van der Waals surface area contributed by atoms with Crippen molar-refractivity contribution in [1.82, 2.24) is 9.78 Å². The van der Waals surface area contributed by atoms with Crippen molar-refractivity contribution in [3.8, 4) is 11.3 Å². The summed E-state index contributed by atoms with van der Waals surface area (Å²) in [5, 5.41) is 4.18. The molecule has 0 fully saturated rings. The van der Waals surface area contributed by atoms with Gasteiger partial charge in [-0.15, -0.1) is 0 Å². The van der Waals surface area contributed by atoms with Crippen molar-refractivity contribution in [2.45, 2.75) is 32.7 Å². The van der Waals surface area contributed by atoms with Crippen LogP contribution in [0, 0.1) is 11.6 Å². The van der Waals surface area contributed by atoms with E-state index in [9.17, 15) is 13.6 Å². The van der Waals surface area contributed by atoms with Crippen LogP contribution in [0.1, 0.15) is 36.5 Å². The molecule has 21 heavy (non-hydrogen) atoms. The molecule has 1 aromatic carbocycles. The maximum atomic E-state index is 13.8. The number of rotatable bonds is 6. The summed E-state index contributed by atoms with van der Waals surface area (Å²) in [5.74, 6) is -1.06. The quantitative estimate of drug-likeness (QED) is 0.656. The molecule has 0 bridgehead atoms. The van der Waals surface area contributed by atoms with Crippen molar-refractivity contribution in [3.05, 3.63) is 35.4 Å². The molecular weight excluding hydrogens is 276 g/mol. The minimum absolute atomic E-state index is 0.0574. The minimum atomic E-state index is -0.641. The monoisotopic (exact) mass is 293 g/mol. The highest BCUT2D eigenvalue weighted by atomic mass is 19.1. The van der Waals surface area contributed by atoms with Gasteiger partial charge in [-0.05, 0) is 24.6 Å². The van der Waals surface area contributed by atoms with Gasteiger partial charge in [0, 0.05) is 12.1 Å². The summed E-state index contributed by atoms with van der Waals surface area (Å²) in [6, 6.07) is 3.03. The number of benzene rings is 1. The average Bonchev–Trinajstić information content (AvgIpc) is 2.78. The van der Waals surface area contributed by atoms with Crippen LogP contribution in [0.15, 0.2) is 18.2 Å². The Balaban J connectivity index is 2.45. The third-order valence-corrected chi connectivity index (χ3v) is 3.30. The van der Waals surface area contributed by atoms with Gasteiger partial charge in [-0.3, -0.25) is 4.79 Å². The topological polar surface area (TPSA) is 60.9 Å². The Morgan fingerprint density at radius 3 is 2.76 bits per heavy atom. The molecule has 1 aromatic heterocycles. The van der Waals surface area contributed by atoms with Crippen LogP contribution in [-0.4, -0.2) is 16.1 Å². The van der Waals surface area contributed by atoms with Crippen molar-refractivity contribution in [3.63, 3.8) is 0 Å². The van der Waals surface area contributed by atoms with Gasteiger partial charge in [0.25, 0.3) is 0 Å². The first kappa shape index (κ1) is 15.2. The molecule has 2 aromatic rings. The van der Waals surface area contributed by atoms with Gasteiger partial charge in [0.15, 0.2) is 6.29 Å². The molecule has 112 valence electrons. The smallest absolute Gasteiger partial charge is 0.156 e. The lowest BCUT2D eigenvalue weighted by atomic mass is 10.1. The van der Waals surface area contributed by atoms with Crippen LogP contribution < -0.4 is 5.73 Å². The number of hydrogen-bond acceptors (Lipinski definition) is 3. The molecule has 0 aliphatic rings. The molecule has 0 aliphatic heterocycles. The van der Waals surface area contributed by atoms with Gasteiger partial charge in [-0.1, -0.05) is 19.8 Å². The molecule has 0 aliphatic carbocycles. The first-order chi connectivity index (χ1) is 10.1. The lowest BCUT2D eigenvalue weighted by Gasteiger charge is -2.02. The summed E-state index contributed by atoms with van der Waals surface area (Å²) in [6.45, 7) is 2.61. The zero-order chi connectivity index (χ0) is 15.4. The Labute approximate surface area is 121 Å². The predicted octanol–water partition coefficient (Wildman–Crippen LogP) is 3.41. The molecule has 0 radical (unpaired) electrons. The van der Waals surface area contributed by atoms with Crippen LogP contribution in [-0.2, 0) is 6.54 Å². The van der Waals surface area contributed by atoms with Crippen molar-refractivity contribution in [2.24, 2.45) is 0 Å². The average molecular weight is 293 g/mol. The SMILES string of the molecule is CCCCCn1nc(-c2cc(F)ccc2F)c(C=O)c1N. The molecule has 0 spiro atoms. The van der Waals surface area contributed by atoms with E-state index in [1.807, 2.05) is 0 Å². The Morgan fingerprint density at radius 1 is 1.33 bits per heavy atom. The number of nitrogen functional groups attached to an aromatic ring is 1. The summed E-state index contributed by atoms with van der Waals surface area (Å²) in [7, 11) is 0. The highest BCUT2D eigenvalue weighted by Crippen LogP contribution is 2.28. The van der Waals surface area contributed by atoms with Gasteiger partial charge < -0.3 is 5.73 Å². The van der Waals surface area contributed by atoms with E-state index in [1.165, 1.54) is 4.68 Å². The Bertz CT molecular complexity index is 653. The van der Waals surface area contributed by atoms with E-state index in [1.54, 1.807) is 0 Å². The van der Waals surface area contributed by atoms with Crippen molar-refractivity contribution in [2.75, 3.05) is 5.73 Å². The number of aromatic nitrogens is 2. The fourth-order valence-electron chi connectivity index (χ4n) is 2.16. The largest absolute Gasteiger partial charge is 0.383 e. The van der Waals surface area contributed by atoms with Crippen molar-refractivity contribution in [1.29, 1.82) is 0 Å². The summed E-state index contributed by atoms with van der Waals surface area (Å²) in [5.41, 5.74) is 5.99. The summed E-state index contributed by atoms with van der Waals surface area (Å²) in [4.78, 5) is 11.2. The molecule has 0 atom stereocenters. The molecule has 6 heteroatoms. The lowest BCUT2D eigenvalue weighted by Crippen LogP contribution is -2.05. The second-order valence-corrected chi connectivity index (χ2v) is 4.82. The van der Waals surface area contributed by atoms with Crippen molar-refractivity contribution < 1.29 is 13.6 Å². The normalized spacial score (nSPS) is 10.8. The van der Waals surface area contributed by atoms with Crippen molar-refractivity contribution >= 4 is 12.1 Å². The van der Waals surface area contributed by atoms with Crippen LogP contribution >= 0.6 is 0 Å². The van der Waals surface area contributed by atoms with Gasteiger partial charge in [-0.25, -0.2) is 13.5 Å². The molecule has 0 amide bonds. The molecule has 2 N–H and O–H groups in total. The first-order valence-electron chi connectivity index (χ1n) is 6.85. The number of carbonyl (C=O) groups is 1. The van der Waals surface area contributed by atoms with Crippen LogP contribution in [0.5, 0.6) is 0 Å². The number of nitrogens with two attached hydrogens (primary N) is 1. The number of hydrogen-bond donors (Lipinski definition) is 1. The number of aryl methyl sites for hydroxylation is 1.